The summed E-state index contributed by atoms with van der Waals surface area (Å²) in [5.74, 6) is 0. The second kappa shape index (κ2) is 3.92. The van der Waals surface area contributed by atoms with Crippen LogP contribution in [0, 0.1) is 0 Å². The number of halogens is 5. The van der Waals surface area contributed by atoms with E-state index >= 15 is 0 Å². The molecule has 0 saturated heterocycles. The summed E-state index contributed by atoms with van der Waals surface area (Å²) in [6.07, 6.45) is -7.47. The summed E-state index contributed by atoms with van der Waals surface area (Å²) in [6.45, 7) is 0. The minimum Gasteiger partial charge on any atom is -0.298 e. The molecule has 0 aliphatic heterocycles. The standard InChI is InChI=1S/C8H4F5NO/c9-7(10)5-2-14-1-4(3-15)6(5)8(11,12)13/h1-3,7H. The second-order valence-corrected chi connectivity index (χ2v) is 2.61. The number of hydrogen-bond acceptors (Lipinski definition) is 2. The SMILES string of the molecule is O=Cc1cncc(C(F)F)c1C(F)(F)F. The molecule has 0 aliphatic rings. The molecule has 0 radical (unpaired) electrons. The topological polar surface area (TPSA) is 30.0 Å². The van der Waals surface area contributed by atoms with Gasteiger partial charge in [-0.3, -0.25) is 9.78 Å². The van der Waals surface area contributed by atoms with Crippen molar-refractivity contribution < 1.29 is 26.7 Å². The van der Waals surface area contributed by atoms with Gasteiger partial charge in [-0.15, -0.1) is 0 Å². The van der Waals surface area contributed by atoms with Crippen molar-refractivity contribution in [3.8, 4) is 0 Å². The van der Waals surface area contributed by atoms with Crippen molar-refractivity contribution in [1.29, 1.82) is 0 Å². The average Bonchev–Trinajstić information content (AvgIpc) is 2.15. The highest BCUT2D eigenvalue weighted by Crippen LogP contribution is 2.37. The Kier molecular flexibility index (Phi) is 3.01. The Bertz CT molecular complexity index is 374. The monoisotopic (exact) mass is 225 g/mol. The molecular weight excluding hydrogens is 221 g/mol. The Morgan fingerprint density at radius 3 is 2.27 bits per heavy atom. The normalized spacial score (nSPS) is 11.9. The maximum absolute atomic E-state index is 12.3. The van der Waals surface area contributed by atoms with Gasteiger partial charge in [0.05, 0.1) is 5.56 Å². The molecule has 0 saturated carbocycles. The first kappa shape index (κ1) is 11.5. The number of rotatable bonds is 2. The fraction of sp³-hybridized carbons (Fsp3) is 0.250. The molecule has 82 valence electrons. The lowest BCUT2D eigenvalue weighted by Gasteiger charge is -2.13. The maximum atomic E-state index is 12.3. The van der Waals surface area contributed by atoms with Gasteiger partial charge in [0, 0.05) is 23.5 Å². The van der Waals surface area contributed by atoms with Crippen LogP contribution in [0.5, 0.6) is 0 Å². The van der Waals surface area contributed by atoms with Crippen LogP contribution in [0.15, 0.2) is 12.4 Å². The van der Waals surface area contributed by atoms with Crippen molar-refractivity contribution in [3.05, 3.63) is 29.1 Å². The van der Waals surface area contributed by atoms with Crippen LogP contribution in [0.3, 0.4) is 0 Å². The summed E-state index contributed by atoms with van der Waals surface area (Å²) in [5, 5.41) is 0. The van der Waals surface area contributed by atoms with Gasteiger partial charge in [0.15, 0.2) is 6.29 Å². The van der Waals surface area contributed by atoms with E-state index in [1.807, 2.05) is 0 Å². The van der Waals surface area contributed by atoms with Crippen LogP contribution >= 0.6 is 0 Å². The van der Waals surface area contributed by atoms with Crippen LogP contribution in [-0.4, -0.2) is 11.3 Å². The van der Waals surface area contributed by atoms with Crippen LogP contribution in [0.25, 0.3) is 0 Å². The number of carbonyl (C=O) groups excluding carboxylic acids is 1. The van der Waals surface area contributed by atoms with Crippen molar-refractivity contribution in [2.45, 2.75) is 12.6 Å². The quantitative estimate of drug-likeness (QED) is 0.572. The van der Waals surface area contributed by atoms with E-state index in [9.17, 15) is 26.7 Å². The summed E-state index contributed by atoms with van der Waals surface area (Å²) < 4.78 is 61.4. The van der Waals surface area contributed by atoms with E-state index in [1.165, 1.54) is 0 Å². The third kappa shape index (κ3) is 2.28. The zero-order valence-electron chi connectivity index (χ0n) is 7.05. The number of carbonyl (C=O) groups is 1. The van der Waals surface area contributed by atoms with Crippen LogP contribution in [0.1, 0.15) is 27.9 Å². The molecule has 0 atom stereocenters. The van der Waals surface area contributed by atoms with Gasteiger partial charge < -0.3 is 0 Å². The van der Waals surface area contributed by atoms with Crippen molar-refractivity contribution >= 4 is 6.29 Å². The number of nitrogens with zero attached hydrogens (tertiary/aromatic N) is 1. The van der Waals surface area contributed by atoms with Gasteiger partial charge in [0.25, 0.3) is 6.43 Å². The molecule has 0 unspecified atom stereocenters. The lowest BCUT2D eigenvalue weighted by atomic mass is 10.1. The van der Waals surface area contributed by atoms with Crippen LogP contribution in [0.2, 0.25) is 0 Å². The van der Waals surface area contributed by atoms with E-state index < -0.39 is 29.3 Å². The molecule has 7 heteroatoms. The molecule has 1 aromatic rings. The third-order valence-corrected chi connectivity index (χ3v) is 1.65. The van der Waals surface area contributed by atoms with Gasteiger partial charge in [-0.1, -0.05) is 0 Å². The number of hydrogen-bond donors (Lipinski definition) is 0. The highest BCUT2D eigenvalue weighted by Gasteiger charge is 2.38. The number of alkyl halides is 5. The summed E-state index contributed by atoms with van der Waals surface area (Å²) >= 11 is 0. The third-order valence-electron chi connectivity index (χ3n) is 1.65. The Labute approximate surface area is 80.7 Å². The fourth-order valence-corrected chi connectivity index (χ4v) is 1.08. The molecule has 0 spiro atoms. The Hall–Kier alpha value is -1.53. The first-order chi connectivity index (χ1) is 6.88. The minimum absolute atomic E-state index is 0.151. The lowest BCUT2D eigenvalue weighted by molar-refractivity contribution is -0.139. The maximum Gasteiger partial charge on any atom is 0.417 e. The molecule has 0 N–H and O–H groups in total. The van der Waals surface area contributed by atoms with Crippen molar-refractivity contribution in [1.82, 2.24) is 4.98 Å². The van der Waals surface area contributed by atoms with Gasteiger partial charge >= 0.3 is 6.18 Å². The smallest absolute Gasteiger partial charge is 0.298 e. The molecule has 1 heterocycles. The molecule has 1 aromatic heterocycles. The Balaban J connectivity index is 3.47. The summed E-state index contributed by atoms with van der Waals surface area (Å²) in [7, 11) is 0. The Morgan fingerprint density at radius 2 is 1.87 bits per heavy atom. The predicted molar refractivity (Wildman–Crippen MR) is 39.6 cm³/mol. The molecule has 0 bridgehead atoms. The van der Waals surface area contributed by atoms with E-state index in [2.05, 4.69) is 4.98 Å². The molecular formula is C8H4F5NO. The van der Waals surface area contributed by atoms with Crippen molar-refractivity contribution in [2.24, 2.45) is 0 Å². The summed E-state index contributed by atoms with van der Waals surface area (Å²) in [6, 6.07) is 0. The van der Waals surface area contributed by atoms with Crippen LogP contribution in [0.4, 0.5) is 22.0 Å². The second-order valence-electron chi connectivity index (χ2n) is 2.61. The molecule has 0 amide bonds. The summed E-state index contributed by atoms with van der Waals surface area (Å²) in [5.41, 5.74) is -3.80. The predicted octanol–water partition coefficient (Wildman–Crippen LogP) is 2.85. The van der Waals surface area contributed by atoms with Crippen LogP contribution in [-0.2, 0) is 6.18 Å². The zero-order chi connectivity index (χ0) is 11.6. The molecule has 15 heavy (non-hydrogen) atoms. The number of aldehydes is 1. The van der Waals surface area contributed by atoms with E-state index in [-0.39, 0.29) is 6.29 Å². The molecule has 2 nitrogen and oxygen atoms in total. The first-order valence-electron chi connectivity index (χ1n) is 3.66. The van der Waals surface area contributed by atoms with Gasteiger partial charge in [-0.05, 0) is 0 Å². The van der Waals surface area contributed by atoms with Crippen molar-refractivity contribution in [2.75, 3.05) is 0 Å². The average molecular weight is 225 g/mol. The van der Waals surface area contributed by atoms with Gasteiger partial charge in [0.2, 0.25) is 0 Å². The summed E-state index contributed by atoms with van der Waals surface area (Å²) in [4.78, 5) is 13.4. The first-order valence-corrected chi connectivity index (χ1v) is 3.66. The Morgan fingerprint density at radius 1 is 1.27 bits per heavy atom. The van der Waals surface area contributed by atoms with E-state index in [0.29, 0.717) is 12.4 Å². The zero-order valence-corrected chi connectivity index (χ0v) is 7.05. The molecule has 0 aromatic carbocycles. The largest absolute Gasteiger partial charge is 0.417 e. The van der Waals surface area contributed by atoms with Crippen molar-refractivity contribution in [3.63, 3.8) is 0 Å². The van der Waals surface area contributed by atoms with Crippen LogP contribution < -0.4 is 0 Å². The van der Waals surface area contributed by atoms with Gasteiger partial charge in [-0.25, -0.2) is 8.78 Å². The lowest BCUT2D eigenvalue weighted by Crippen LogP contribution is -2.13. The number of aromatic nitrogens is 1. The number of pyridine rings is 1. The van der Waals surface area contributed by atoms with E-state index in [4.69, 9.17) is 0 Å². The molecule has 0 aliphatic carbocycles. The highest BCUT2D eigenvalue weighted by molar-refractivity contribution is 5.77. The van der Waals surface area contributed by atoms with E-state index in [1.54, 1.807) is 0 Å². The van der Waals surface area contributed by atoms with Gasteiger partial charge in [-0.2, -0.15) is 13.2 Å². The highest BCUT2D eigenvalue weighted by atomic mass is 19.4. The van der Waals surface area contributed by atoms with E-state index in [0.717, 1.165) is 0 Å². The molecule has 0 fully saturated rings. The fourth-order valence-electron chi connectivity index (χ4n) is 1.08. The minimum atomic E-state index is -5.00. The van der Waals surface area contributed by atoms with Gasteiger partial charge in [0.1, 0.15) is 0 Å². The molecule has 1 rings (SSSR count).